The maximum atomic E-state index is 14.9. The van der Waals surface area contributed by atoms with Gasteiger partial charge in [0.05, 0.1) is 30.0 Å². The molecule has 3 aliphatic rings. The number of pyridine rings is 1. The zero-order valence-corrected chi connectivity index (χ0v) is 47.7. The highest BCUT2D eigenvalue weighted by molar-refractivity contribution is 7.60. The highest BCUT2D eigenvalue weighted by Crippen LogP contribution is 2.42. The molecule has 3 aliphatic heterocycles. The van der Waals surface area contributed by atoms with Crippen molar-refractivity contribution in [3.05, 3.63) is 89.8 Å². The molecular formula is C52H76FN7O7S5. The van der Waals surface area contributed by atoms with Crippen LogP contribution in [0.15, 0.2) is 67.4 Å². The highest BCUT2D eigenvalue weighted by Gasteiger charge is 2.40. The second kappa shape index (κ2) is 27.4. The number of benzene rings is 2. The van der Waals surface area contributed by atoms with Gasteiger partial charge in [-0.3, -0.25) is 34.0 Å². The van der Waals surface area contributed by atoms with Crippen molar-refractivity contribution in [2.24, 2.45) is 17.3 Å². The lowest BCUT2D eigenvalue weighted by Crippen LogP contribution is -2.62. The molecule has 72 heavy (non-hydrogen) atoms. The number of aryl methyl sites for hydroxylation is 1. The second-order valence-corrected chi connectivity index (χ2v) is 19.4. The van der Waals surface area contributed by atoms with Crippen LogP contribution < -0.4 is 10.7 Å². The number of alkyl halides is 1. The number of nitrogens with zero attached hydrogens (tertiary/aromatic N) is 5. The van der Waals surface area contributed by atoms with Crippen molar-refractivity contribution >= 4 is 108 Å². The molecule has 7 rings (SSSR count). The summed E-state index contributed by atoms with van der Waals surface area (Å²) in [5.41, 5.74) is 9.94. The Bertz CT molecular complexity index is 2560. The number of nitrogens with one attached hydrogen (secondary N) is 2. The number of aromatic nitrogens is 2. The number of likely N-dealkylation sites (N-methyl/N-ethyl adjacent to an activating group) is 1. The van der Waals surface area contributed by atoms with E-state index in [1.54, 1.807) is 31.3 Å². The van der Waals surface area contributed by atoms with Gasteiger partial charge in [0.15, 0.2) is 0 Å². The molecule has 2 N–H and O–H groups in total. The third kappa shape index (κ3) is 13.7. The molecule has 2 fully saturated rings. The highest BCUT2D eigenvalue weighted by atomic mass is 32.1. The van der Waals surface area contributed by atoms with E-state index in [1.807, 2.05) is 45.0 Å². The van der Waals surface area contributed by atoms with Gasteiger partial charge in [-0.25, -0.2) is 9.82 Å². The predicted octanol–water partition coefficient (Wildman–Crippen LogP) is 7.30. The van der Waals surface area contributed by atoms with Crippen LogP contribution in [0, 0.1) is 17.3 Å². The number of cyclic esters (lactones) is 1. The van der Waals surface area contributed by atoms with E-state index in [9.17, 15) is 28.4 Å². The molecule has 20 heteroatoms. The number of likely N-dealkylation sites (tertiary alicyclic amines) is 1. The summed E-state index contributed by atoms with van der Waals surface area (Å²) in [4.78, 5) is 77.3. The van der Waals surface area contributed by atoms with E-state index >= 15 is 0 Å². The first-order chi connectivity index (χ1) is 32.0. The number of hydrazine groups is 1. The standard InChI is InChI=1S/C52H66FN7O7.5H2S/c1-10-44(61)58-21-18-36(29-58)49(63)57(8)46(31(3)4)48(62)55-42-25-33-22-34(28-53)24-37(23-33)35-16-17-43-39(26-35)40(47(59(43)11-2)38-14-12-19-54-45(38)32(5)66-9)27-52(6,7)30-67-51(65)41-15-13-20-60(56-41)50(42)64;;;;;/h10,12,14,16-17,19,22-24,26,31-32,36,41-42,46,56H,1,11,13,15,18,20-21,25,27-30H2,2-9H3,(H,55,62);5*1H2/t32-,36-,41-,42-,46-;;;;;/m0...../s1. The Balaban J connectivity index is 0.00000355. The number of amides is 4. The van der Waals surface area contributed by atoms with Crippen molar-refractivity contribution in [2.45, 2.75) is 111 Å². The van der Waals surface area contributed by atoms with Crippen molar-refractivity contribution < 1.29 is 37.8 Å². The number of fused-ring (bicyclic) bond motifs is 6. The van der Waals surface area contributed by atoms with Gasteiger partial charge in [-0.15, -0.1) is 0 Å². The smallest absolute Gasteiger partial charge is 0.324 e. The summed E-state index contributed by atoms with van der Waals surface area (Å²) in [6.07, 6.45) is 4.60. The molecule has 2 aromatic heterocycles. The Labute approximate surface area is 459 Å². The summed E-state index contributed by atoms with van der Waals surface area (Å²) in [6.45, 7) is 16.3. The number of esters is 1. The van der Waals surface area contributed by atoms with Crippen LogP contribution in [0.4, 0.5) is 4.39 Å². The molecule has 0 radical (unpaired) electrons. The van der Waals surface area contributed by atoms with Gasteiger partial charge in [0.1, 0.15) is 24.8 Å². The third-order valence-corrected chi connectivity index (χ3v) is 13.6. The van der Waals surface area contributed by atoms with Gasteiger partial charge < -0.3 is 29.2 Å². The van der Waals surface area contributed by atoms with Gasteiger partial charge in [0, 0.05) is 74.8 Å². The molecular weight excluding hydrogens is 1010 g/mol. The maximum absolute atomic E-state index is 14.9. The molecule has 0 spiro atoms. The lowest BCUT2D eigenvalue weighted by atomic mass is 9.84. The van der Waals surface area contributed by atoms with Crippen LogP contribution in [0.2, 0.25) is 0 Å². The van der Waals surface area contributed by atoms with Gasteiger partial charge in [-0.1, -0.05) is 52.5 Å². The van der Waals surface area contributed by atoms with E-state index in [4.69, 9.17) is 14.5 Å². The number of halogens is 1. The fourth-order valence-corrected chi connectivity index (χ4v) is 10.1. The van der Waals surface area contributed by atoms with E-state index in [2.05, 4.69) is 60.9 Å². The third-order valence-electron chi connectivity index (χ3n) is 13.6. The molecule has 14 nitrogen and oxygen atoms in total. The van der Waals surface area contributed by atoms with Crippen LogP contribution in [0.1, 0.15) is 89.3 Å². The Hall–Kier alpha value is -4.18. The quantitative estimate of drug-likeness (QED) is 0.116. The van der Waals surface area contributed by atoms with Crippen LogP contribution in [-0.2, 0) is 59.5 Å². The number of ether oxygens (including phenoxy) is 2. The van der Waals surface area contributed by atoms with Gasteiger partial charge >= 0.3 is 5.97 Å². The zero-order valence-electron chi connectivity index (χ0n) is 42.7. The summed E-state index contributed by atoms with van der Waals surface area (Å²) in [5, 5.41) is 5.37. The molecule has 4 amide bonds. The molecule has 0 unspecified atom stereocenters. The number of rotatable bonds is 11. The van der Waals surface area contributed by atoms with E-state index in [0.29, 0.717) is 49.9 Å². The second-order valence-electron chi connectivity index (χ2n) is 19.4. The van der Waals surface area contributed by atoms with Crippen LogP contribution in [0.25, 0.3) is 33.3 Å². The number of carbonyl (C=O) groups is 5. The van der Waals surface area contributed by atoms with E-state index in [0.717, 1.165) is 44.5 Å². The van der Waals surface area contributed by atoms with Crippen LogP contribution >= 0.6 is 67.5 Å². The minimum atomic E-state index is -1.18. The number of carbonyl (C=O) groups excluding carboxylic acids is 5. The molecule has 6 bridgehead atoms. The Kier molecular flexibility index (Phi) is 24.3. The van der Waals surface area contributed by atoms with Crippen LogP contribution in [0.5, 0.6) is 0 Å². The molecule has 2 saturated heterocycles. The first-order valence-corrected chi connectivity index (χ1v) is 23.5. The van der Waals surface area contributed by atoms with E-state index in [-0.39, 0.29) is 117 Å². The number of hydrogen-bond acceptors (Lipinski definition) is 9. The Morgan fingerprint density at radius 1 is 1.03 bits per heavy atom. The van der Waals surface area contributed by atoms with E-state index < -0.39 is 53.9 Å². The predicted molar refractivity (Wildman–Crippen MR) is 307 cm³/mol. The monoisotopic (exact) mass is 1090 g/mol. The normalized spacial score (nSPS) is 19.4. The summed E-state index contributed by atoms with van der Waals surface area (Å²) in [6, 6.07) is 12.7. The van der Waals surface area contributed by atoms with Gasteiger partial charge in [-0.2, -0.15) is 67.5 Å². The van der Waals surface area contributed by atoms with E-state index in [1.165, 1.54) is 16.0 Å². The minimum absolute atomic E-state index is 0. The largest absolute Gasteiger partial charge is 0.464 e. The summed E-state index contributed by atoms with van der Waals surface area (Å²) in [5.74, 6) is -2.91. The molecule has 5 heterocycles. The number of methoxy groups -OCH3 is 1. The van der Waals surface area contributed by atoms with Crippen LogP contribution in [-0.4, -0.2) is 112 Å². The minimum Gasteiger partial charge on any atom is -0.464 e. The average Bonchev–Trinajstić information content (AvgIpc) is 3.94. The van der Waals surface area contributed by atoms with Crippen molar-refractivity contribution in [2.75, 3.05) is 40.4 Å². The van der Waals surface area contributed by atoms with Gasteiger partial charge in [0.2, 0.25) is 17.7 Å². The fraction of sp³-hybridized carbons (Fsp3) is 0.500. The average molecular weight is 1090 g/mol. The SMILES string of the molecule is C=CC(=O)N1CC[C@H](C(=O)N(C)[C@H](C(=O)N[C@H]2Cc3cc(CF)cc(c3)-c3ccc4c(c3)c(c(-c3cccnc3[C@H](C)OC)n4CC)CC(C)(C)COC(=O)[C@@H]3CCCN(N3)C2=O)C(C)C)C1.S.S.S.S.S. The molecule has 2 aromatic carbocycles. The van der Waals surface area contributed by atoms with Crippen molar-refractivity contribution in [3.63, 3.8) is 0 Å². The lowest BCUT2D eigenvalue weighted by molar-refractivity contribution is -0.155. The Morgan fingerprint density at radius 2 is 1.75 bits per heavy atom. The summed E-state index contributed by atoms with van der Waals surface area (Å²) < 4.78 is 29.1. The number of hydrogen-bond donors (Lipinski definition) is 2. The molecule has 0 aliphatic carbocycles. The molecule has 398 valence electrons. The van der Waals surface area contributed by atoms with Gasteiger partial charge in [-0.05, 0) is 110 Å². The summed E-state index contributed by atoms with van der Waals surface area (Å²) in [7, 11) is 3.24. The first kappa shape index (κ1) is 63.9. The maximum Gasteiger partial charge on any atom is 0.324 e. The van der Waals surface area contributed by atoms with Crippen molar-refractivity contribution in [3.8, 4) is 22.4 Å². The topological polar surface area (TPSA) is 155 Å². The fourth-order valence-electron chi connectivity index (χ4n) is 10.1. The summed E-state index contributed by atoms with van der Waals surface area (Å²) >= 11 is 0. The van der Waals surface area contributed by atoms with Crippen molar-refractivity contribution in [1.29, 1.82) is 0 Å². The van der Waals surface area contributed by atoms with Crippen molar-refractivity contribution in [1.82, 2.24) is 35.1 Å². The first-order valence-electron chi connectivity index (χ1n) is 23.5. The molecule has 4 aromatic rings. The lowest BCUT2D eigenvalue weighted by Gasteiger charge is -2.37. The van der Waals surface area contributed by atoms with Crippen LogP contribution in [0.3, 0.4) is 0 Å². The zero-order chi connectivity index (χ0) is 48.3. The van der Waals surface area contributed by atoms with Gasteiger partial charge in [0.25, 0.3) is 5.91 Å². The Morgan fingerprint density at radius 3 is 2.40 bits per heavy atom. The molecule has 0 saturated carbocycles. The molecule has 5 atom stereocenters.